The van der Waals surface area contributed by atoms with Crippen LogP contribution < -0.4 is 5.32 Å². The number of benzene rings is 2. The van der Waals surface area contributed by atoms with Gasteiger partial charge in [0.05, 0.1) is 18.2 Å². The van der Waals surface area contributed by atoms with Crippen molar-refractivity contribution in [3.63, 3.8) is 0 Å². The van der Waals surface area contributed by atoms with Crippen molar-refractivity contribution in [1.29, 1.82) is 0 Å². The Hall–Kier alpha value is -2.88. The number of hydrogen-bond donors (Lipinski definition) is 2. The number of rotatable bonds is 5. The number of imidazole rings is 1. The number of hydrogen-bond acceptors (Lipinski definition) is 2. The van der Waals surface area contributed by atoms with Gasteiger partial charge in [0.15, 0.2) is 0 Å². The second-order valence-corrected chi connectivity index (χ2v) is 5.58. The minimum Gasteiger partial charge on any atom is -0.345 e. The highest BCUT2D eigenvalue weighted by molar-refractivity contribution is 5.91. The highest BCUT2D eigenvalue weighted by Gasteiger charge is 2.05. The van der Waals surface area contributed by atoms with Gasteiger partial charge in [0.1, 0.15) is 0 Å². The van der Waals surface area contributed by atoms with Gasteiger partial charge in [-0.2, -0.15) is 0 Å². The van der Waals surface area contributed by atoms with E-state index in [-0.39, 0.29) is 5.91 Å². The first-order valence-corrected chi connectivity index (χ1v) is 7.65. The molecule has 0 aliphatic rings. The molecule has 116 valence electrons. The number of nitrogens with one attached hydrogen (secondary N) is 2. The average molecular weight is 305 g/mol. The minimum atomic E-state index is 0.0215. The molecule has 0 fully saturated rings. The van der Waals surface area contributed by atoms with E-state index in [1.165, 1.54) is 11.1 Å². The summed E-state index contributed by atoms with van der Waals surface area (Å²) in [6.07, 6.45) is 4.62. The molecule has 0 unspecified atom stereocenters. The van der Waals surface area contributed by atoms with Crippen LogP contribution in [-0.4, -0.2) is 15.9 Å². The number of aromatic nitrogens is 2. The Balaban J connectivity index is 1.61. The van der Waals surface area contributed by atoms with E-state index < -0.39 is 0 Å². The molecule has 0 atom stereocenters. The molecule has 3 rings (SSSR count). The number of carbonyl (C=O) groups is 1. The molecule has 23 heavy (non-hydrogen) atoms. The largest absolute Gasteiger partial charge is 0.345 e. The molecule has 2 aromatic carbocycles. The Morgan fingerprint density at radius 1 is 1.17 bits per heavy atom. The van der Waals surface area contributed by atoms with Crippen molar-refractivity contribution < 1.29 is 4.79 Å². The summed E-state index contributed by atoms with van der Waals surface area (Å²) >= 11 is 0. The summed E-state index contributed by atoms with van der Waals surface area (Å²) in [5.41, 5.74) is 5.13. The van der Waals surface area contributed by atoms with Gasteiger partial charge in [-0.25, -0.2) is 4.98 Å². The average Bonchev–Trinajstić information content (AvgIpc) is 3.08. The lowest BCUT2D eigenvalue weighted by Gasteiger charge is -2.07. The Morgan fingerprint density at radius 2 is 2.04 bits per heavy atom. The summed E-state index contributed by atoms with van der Waals surface area (Å²) in [5.74, 6) is 0.0215. The number of anilines is 1. The number of aromatic amines is 1. The van der Waals surface area contributed by atoms with Crippen molar-refractivity contribution in [3.05, 3.63) is 72.2 Å². The van der Waals surface area contributed by atoms with E-state index >= 15 is 0 Å². The normalized spacial score (nSPS) is 10.5. The van der Waals surface area contributed by atoms with E-state index in [0.717, 1.165) is 23.4 Å². The maximum Gasteiger partial charge on any atom is 0.224 e. The summed E-state index contributed by atoms with van der Waals surface area (Å²) in [4.78, 5) is 19.2. The highest BCUT2D eigenvalue weighted by atomic mass is 16.1. The zero-order chi connectivity index (χ0) is 16.1. The van der Waals surface area contributed by atoms with Crippen LogP contribution in [0.5, 0.6) is 0 Å². The molecule has 4 heteroatoms. The molecule has 2 N–H and O–H groups in total. The van der Waals surface area contributed by atoms with Crippen molar-refractivity contribution in [2.45, 2.75) is 19.8 Å². The summed E-state index contributed by atoms with van der Waals surface area (Å²) < 4.78 is 0. The molecule has 0 spiro atoms. The lowest BCUT2D eigenvalue weighted by Crippen LogP contribution is -2.12. The first-order chi connectivity index (χ1) is 11.2. The Kier molecular flexibility index (Phi) is 4.52. The van der Waals surface area contributed by atoms with E-state index in [0.29, 0.717) is 6.42 Å². The fourth-order valence-corrected chi connectivity index (χ4v) is 2.53. The predicted molar refractivity (Wildman–Crippen MR) is 92.2 cm³/mol. The van der Waals surface area contributed by atoms with Crippen LogP contribution in [0.25, 0.3) is 11.3 Å². The second-order valence-electron chi connectivity index (χ2n) is 5.58. The van der Waals surface area contributed by atoms with Gasteiger partial charge in [-0.1, -0.05) is 42.0 Å². The molecule has 1 aromatic heterocycles. The van der Waals surface area contributed by atoms with Crippen LogP contribution >= 0.6 is 0 Å². The lowest BCUT2D eigenvalue weighted by atomic mass is 10.1. The van der Waals surface area contributed by atoms with Crippen LogP contribution in [0.2, 0.25) is 0 Å². The smallest absolute Gasteiger partial charge is 0.224 e. The van der Waals surface area contributed by atoms with Crippen LogP contribution in [0.4, 0.5) is 5.69 Å². The molecule has 3 aromatic rings. The van der Waals surface area contributed by atoms with Gasteiger partial charge >= 0.3 is 0 Å². The number of amides is 1. The molecule has 0 saturated heterocycles. The highest BCUT2D eigenvalue weighted by Crippen LogP contribution is 2.20. The monoisotopic (exact) mass is 305 g/mol. The van der Waals surface area contributed by atoms with Gasteiger partial charge in [0.25, 0.3) is 0 Å². The van der Waals surface area contributed by atoms with Crippen molar-refractivity contribution in [2.24, 2.45) is 0 Å². The Morgan fingerprint density at radius 3 is 2.83 bits per heavy atom. The van der Waals surface area contributed by atoms with Crippen LogP contribution in [0.1, 0.15) is 17.5 Å². The molecular formula is C19H19N3O. The Labute approximate surface area is 135 Å². The Bertz CT molecular complexity index is 794. The molecule has 0 aliphatic carbocycles. The van der Waals surface area contributed by atoms with Gasteiger partial charge in [-0.15, -0.1) is 0 Å². The van der Waals surface area contributed by atoms with Gasteiger partial charge in [0, 0.05) is 17.7 Å². The molecule has 4 nitrogen and oxygen atoms in total. The van der Waals surface area contributed by atoms with Crippen molar-refractivity contribution in [1.82, 2.24) is 9.97 Å². The van der Waals surface area contributed by atoms with E-state index in [2.05, 4.69) is 40.4 Å². The lowest BCUT2D eigenvalue weighted by molar-refractivity contribution is -0.116. The fraction of sp³-hybridized carbons (Fsp3) is 0.158. The van der Waals surface area contributed by atoms with Crippen molar-refractivity contribution in [3.8, 4) is 11.3 Å². The van der Waals surface area contributed by atoms with E-state index in [1.807, 2.05) is 30.3 Å². The summed E-state index contributed by atoms with van der Waals surface area (Å²) in [5, 5.41) is 2.96. The zero-order valence-corrected chi connectivity index (χ0v) is 13.0. The molecular weight excluding hydrogens is 286 g/mol. The summed E-state index contributed by atoms with van der Waals surface area (Å²) in [6.45, 7) is 2.06. The van der Waals surface area contributed by atoms with Crippen molar-refractivity contribution in [2.75, 3.05) is 5.32 Å². The number of nitrogens with zero attached hydrogens (tertiary/aromatic N) is 1. The number of H-pyrrole nitrogens is 1. The first kappa shape index (κ1) is 15.0. The number of carbonyl (C=O) groups excluding carboxylic acids is 1. The first-order valence-electron chi connectivity index (χ1n) is 7.65. The molecule has 0 radical (unpaired) electrons. The van der Waals surface area contributed by atoms with Crippen LogP contribution in [0, 0.1) is 6.92 Å². The third-order valence-corrected chi connectivity index (χ3v) is 3.68. The maximum absolute atomic E-state index is 12.1. The maximum atomic E-state index is 12.1. The third kappa shape index (κ3) is 4.07. The van der Waals surface area contributed by atoms with Crippen LogP contribution in [0.3, 0.4) is 0 Å². The summed E-state index contributed by atoms with van der Waals surface area (Å²) in [7, 11) is 0. The molecule has 0 saturated carbocycles. The van der Waals surface area contributed by atoms with Gasteiger partial charge in [0.2, 0.25) is 5.91 Å². The molecule has 0 aliphatic heterocycles. The van der Waals surface area contributed by atoms with Gasteiger partial charge in [-0.3, -0.25) is 4.79 Å². The number of aryl methyl sites for hydroxylation is 2. The quantitative estimate of drug-likeness (QED) is 0.749. The van der Waals surface area contributed by atoms with Gasteiger partial charge < -0.3 is 10.3 Å². The second kappa shape index (κ2) is 6.92. The SMILES string of the molecule is Cc1cccc(CCC(=O)Nc2cccc(-c3cnc[nH]3)c2)c1. The molecule has 1 heterocycles. The standard InChI is InChI=1S/C19H19N3O/c1-14-4-2-5-15(10-14)8-9-19(23)22-17-7-3-6-16(11-17)18-12-20-13-21-18/h2-7,10-13H,8-9H2,1H3,(H,20,21)(H,22,23). The molecule has 0 bridgehead atoms. The van der Waals surface area contributed by atoms with E-state index in [9.17, 15) is 4.79 Å². The fourth-order valence-electron chi connectivity index (χ4n) is 2.53. The third-order valence-electron chi connectivity index (χ3n) is 3.68. The van der Waals surface area contributed by atoms with Crippen LogP contribution in [0.15, 0.2) is 61.1 Å². The van der Waals surface area contributed by atoms with E-state index in [1.54, 1.807) is 12.5 Å². The zero-order valence-electron chi connectivity index (χ0n) is 13.0. The predicted octanol–water partition coefficient (Wildman–Crippen LogP) is 3.96. The van der Waals surface area contributed by atoms with Gasteiger partial charge in [-0.05, 0) is 31.0 Å². The topological polar surface area (TPSA) is 57.8 Å². The van der Waals surface area contributed by atoms with E-state index in [4.69, 9.17) is 0 Å². The minimum absolute atomic E-state index is 0.0215. The van der Waals surface area contributed by atoms with Crippen molar-refractivity contribution >= 4 is 11.6 Å². The molecule has 1 amide bonds. The summed E-state index contributed by atoms with van der Waals surface area (Å²) in [6, 6.07) is 16.0. The van der Waals surface area contributed by atoms with Crippen LogP contribution in [-0.2, 0) is 11.2 Å².